The van der Waals surface area contributed by atoms with E-state index in [0.29, 0.717) is 5.65 Å². The Balaban J connectivity index is 1.18. The number of nitrogens with zero attached hydrogens (tertiary/aromatic N) is 7. The Morgan fingerprint density at radius 3 is 2.46 bits per heavy atom. The van der Waals surface area contributed by atoms with E-state index in [1.807, 2.05) is 0 Å². The quantitative estimate of drug-likeness (QED) is 0.173. The molecule has 6 heterocycles. The van der Waals surface area contributed by atoms with Crippen molar-refractivity contribution in [2.45, 2.75) is 56.1 Å². The summed E-state index contributed by atoms with van der Waals surface area (Å²) >= 11 is 0. The van der Waals surface area contributed by atoms with E-state index in [9.17, 15) is 28.8 Å². The number of aryl methyl sites for hydroxylation is 1. The van der Waals surface area contributed by atoms with Gasteiger partial charge in [0.25, 0.3) is 5.56 Å². The van der Waals surface area contributed by atoms with E-state index in [1.54, 1.807) is 6.92 Å². The molecule has 3 aliphatic rings. The van der Waals surface area contributed by atoms with Gasteiger partial charge < -0.3 is 39.7 Å². The minimum absolute atomic E-state index is 0.000422. The highest BCUT2D eigenvalue weighted by atomic mass is 31.2. The van der Waals surface area contributed by atoms with Crippen molar-refractivity contribution < 1.29 is 51.6 Å². The first kappa shape index (κ1) is 31.4. The van der Waals surface area contributed by atoms with Crippen LogP contribution in [0.15, 0.2) is 23.8 Å². The van der Waals surface area contributed by atoms with Gasteiger partial charge in [-0.1, -0.05) is 0 Å². The first-order valence-electron chi connectivity index (χ1n) is 13.9. The number of anilines is 1. The monoisotopic (exact) mass is 685 g/mol. The molecule has 1 aliphatic carbocycles. The number of phosphoric ester groups is 2. The number of rotatable bonds is 3. The fourth-order valence-electron chi connectivity index (χ4n) is 6.18. The van der Waals surface area contributed by atoms with E-state index in [4.69, 9.17) is 33.3 Å². The molecule has 0 aromatic carbocycles. The zero-order valence-corrected chi connectivity index (χ0v) is 25.9. The molecular weight excluding hydrogens is 656 g/mol. The summed E-state index contributed by atoms with van der Waals surface area (Å²) in [7, 11) is -8.51. The van der Waals surface area contributed by atoms with Gasteiger partial charge in [0.05, 0.1) is 31.9 Å². The average Bonchev–Trinajstić information content (AvgIpc) is 3.75. The van der Waals surface area contributed by atoms with Crippen LogP contribution in [0.1, 0.15) is 24.5 Å². The maximum atomic E-state index is 13.3. The van der Waals surface area contributed by atoms with Gasteiger partial charge in [0.15, 0.2) is 28.9 Å². The van der Waals surface area contributed by atoms with E-state index >= 15 is 0 Å². The molecule has 10 atom stereocenters. The number of aromatic amines is 1. The molecule has 4 unspecified atom stereocenters. The molecule has 4 aromatic rings. The fraction of sp³-hybridized carbons (Fsp3) is 0.565. The maximum Gasteiger partial charge on any atom is 0.472 e. The molecular formula is C23H29N9O12P2. The van der Waals surface area contributed by atoms with E-state index in [1.165, 1.54) is 35.2 Å². The van der Waals surface area contributed by atoms with Crippen LogP contribution in [-0.4, -0.2) is 105 Å². The molecule has 4 aromatic heterocycles. The summed E-state index contributed by atoms with van der Waals surface area (Å²) in [5.41, 5.74) is 6.08. The largest absolute Gasteiger partial charge is 0.472 e. The number of hydrogen-bond donors (Lipinski definition) is 5. The van der Waals surface area contributed by atoms with Crippen molar-refractivity contribution in [2.75, 3.05) is 26.1 Å². The Hall–Kier alpha value is -3.20. The standard InChI is InChI=1S/C23H29N9O12P2/c1-9-29-21-14(22(34)30-9)28-8-32(21)23-18(39-2)17-12(42-23)5-41-46(37,38)43-16-10(4-40-45(35,36)44-17)3-11(15(16)33)31-7-27-13-19(24)25-6-26-20(13)31/h6-8,10-12,15-18,23,33H,3-5H2,1-2H3,(H,35,36)(H,37,38)(H2,24,25,26)(H,29,30,34)/t10-,11-,12-,15?,16+,17+,18?,23-/m1/s1. The third-order valence-electron chi connectivity index (χ3n) is 8.23. The van der Waals surface area contributed by atoms with Crippen molar-refractivity contribution in [2.24, 2.45) is 5.92 Å². The van der Waals surface area contributed by atoms with Crippen molar-refractivity contribution in [3.8, 4) is 0 Å². The molecule has 23 heteroatoms. The molecule has 0 spiro atoms. The second-order valence-electron chi connectivity index (χ2n) is 11.0. The Labute approximate surface area is 257 Å². The third kappa shape index (κ3) is 5.46. The summed E-state index contributed by atoms with van der Waals surface area (Å²) in [5, 5.41) is 11.3. The number of hydrogen-bond acceptors (Lipinski definition) is 16. The van der Waals surface area contributed by atoms with Crippen LogP contribution in [0.3, 0.4) is 0 Å². The Morgan fingerprint density at radius 2 is 1.70 bits per heavy atom. The van der Waals surface area contributed by atoms with Gasteiger partial charge in [0.2, 0.25) is 0 Å². The van der Waals surface area contributed by atoms with Gasteiger partial charge in [0.1, 0.15) is 48.2 Å². The lowest BCUT2D eigenvalue weighted by atomic mass is 10.1. The summed E-state index contributed by atoms with van der Waals surface area (Å²) in [6.45, 7) is 0.348. The summed E-state index contributed by atoms with van der Waals surface area (Å²) in [6.07, 6.45) is -3.92. The van der Waals surface area contributed by atoms with Gasteiger partial charge in [-0.3, -0.25) is 27.5 Å². The summed E-state index contributed by atoms with van der Waals surface area (Å²) in [5.74, 6) is -0.507. The highest BCUT2D eigenvalue weighted by Gasteiger charge is 2.54. The van der Waals surface area contributed by atoms with Crippen LogP contribution in [0, 0.1) is 12.8 Å². The molecule has 0 bridgehead atoms. The van der Waals surface area contributed by atoms with Crippen LogP contribution in [0.5, 0.6) is 0 Å². The smallest absolute Gasteiger partial charge is 0.388 e. The predicted molar refractivity (Wildman–Crippen MR) is 152 cm³/mol. The summed E-state index contributed by atoms with van der Waals surface area (Å²) < 4.78 is 62.8. The summed E-state index contributed by atoms with van der Waals surface area (Å²) in [4.78, 5) is 57.2. The number of methoxy groups -OCH3 is 1. The van der Waals surface area contributed by atoms with Gasteiger partial charge in [-0.2, -0.15) is 0 Å². The molecule has 248 valence electrons. The Morgan fingerprint density at radius 1 is 1.00 bits per heavy atom. The van der Waals surface area contributed by atoms with Gasteiger partial charge in [0, 0.05) is 13.0 Å². The minimum Gasteiger partial charge on any atom is -0.388 e. The van der Waals surface area contributed by atoms with Crippen molar-refractivity contribution in [3.05, 3.63) is 35.2 Å². The van der Waals surface area contributed by atoms with Crippen LogP contribution < -0.4 is 11.3 Å². The number of nitrogens with two attached hydrogens (primary N) is 1. The second-order valence-corrected chi connectivity index (χ2v) is 13.9. The zero-order valence-electron chi connectivity index (χ0n) is 24.1. The van der Waals surface area contributed by atoms with Crippen LogP contribution in [0.25, 0.3) is 22.3 Å². The van der Waals surface area contributed by atoms with E-state index in [-0.39, 0.29) is 34.7 Å². The van der Waals surface area contributed by atoms with Crippen LogP contribution >= 0.6 is 15.6 Å². The molecule has 0 amide bonds. The lowest BCUT2D eigenvalue weighted by Gasteiger charge is -2.29. The Bertz CT molecular complexity index is 1950. The number of imidazole rings is 2. The van der Waals surface area contributed by atoms with Gasteiger partial charge in [-0.05, 0) is 13.3 Å². The molecule has 0 radical (unpaired) electrons. The number of ether oxygens (including phenoxy) is 2. The third-order valence-corrected chi connectivity index (χ3v) is 10.2. The van der Waals surface area contributed by atoms with Crippen molar-refractivity contribution in [3.63, 3.8) is 0 Å². The topological polar surface area (TPSA) is 283 Å². The number of phosphoric acid groups is 2. The van der Waals surface area contributed by atoms with E-state index in [2.05, 4.69) is 29.9 Å². The number of nitrogen functional groups attached to an aromatic ring is 1. The van der Waals surface area contributed by atoms with Gasteiger partial charge in [-0.15, -0.1) is 0 Å². The maximum absolute atomic E-state index is 13.3. The zero-order chi connectivity index (χ0) is 32.5. The molecule has 6 N–H and O–H groups in total. The highest BCUT2D eigenvalue weighted by Crippen LogP contribution is 2.55. The first-order chi connectivity index (χ1) is 21.9. The molecule has 2 saturated heterocycles. The van der Waals surface area contributed by atoms with E-state index in [0.717, 1.165) is 0 Å². The number of aliphatic hydroxyl groups is 1. The number of aliphatic hydroxyl groups excluding tert-OH is 1. The van der Waals surface area contributed by atoms with Gasteiger partial charge >= 0.3 is 15.6 Å². The highest BCUT2D eigenvalue weighted by molar-refractivity contribution is 7.47. The number of fused-ring (bicyclic) bond motifs is 4. The predicted octanol–water partition coefficient (Wildman–Crippen LogP) is -0.298. The lowest BCUT2D eigenvalue weighted by molar-refractivity contribution is -0.0632. The fourth-order valence-corrected chi connectivity index (χ4v) is 8.18. The van der Waals surface area contributed by atoms with Crippen molar-refractivity contribution in [1.29, 1.82) is 0 Å². The SMILES string of the molecule is COC1[C@H]2OP(=O)(O)OC[C@H]3C[C@@H](n4cnc5c(N)ncnc54)C(O)[C@H]3OP(=O)(O)OC[C@H]2O[C@H]1n1cnc2c(=O)[nH]c(C)nc21. The van der Waals surface area contributed by atoms with Crippen LogP contribution in [0.4, 0.5) is 5.82 Å². The number of nitrogens with one attached hydrogen (secondary N) is 1. The van der Waals surface area contributed by atoms with Crippen LogP contribution in [0.2, 0.25) is 0 Å². The molecule has 21 nitrogen and oxygen atoms in total. The molecule has 7 rings (SSSR count). The van der Waals surface area contributed by atoms with Gasteiger partial charge in [-0.25, -0.2) is 34.0 Å². The average molecular weight is 685 g/mol. The number of aromatic nitrogens is 8. The Kier molecular flexibility index (Phi) is 7.85. The summed E-state index contributed by atoms with van der Waals surface area (Å²) in [6, 6.07) is -0.821. The molecule has 46 heavy (non-hydrogen) atoms. The minimum atomic E-state index is -4.92. The second kappa shape index (κ2) is 11.5. The molecule has 3 fully saturated rings. The van der Waals surface area contributed by atoms with Crippen molar-refractivity contribution >= 4 is 43.8 Å². The first-order valence-corrected chi connectivity index (χ1v) is 16.9. The normalized spacial score (nSPS) is 37.2. The van der Waals surface area contributed by atoms with Crippen LogP contribution in [-0.2, 0) is 36.7 Å². The molecule has 1 saturated carbocycles. The van der Waals surface area contributed by atoms with Crippen molar-refractivity contribution in [1.82, 2.24) is 39.0 Å². The molecule has 2 aliphatic heterocycles. The van der Waals surface area contributed by atoms with E-state index < -0.39 is 83.1 Å². The number of H-pyrrole nitrogens is 1. The lowest BCUT2D eigenvalue weighted by Crippen LogP contribution is -2.38.